The Balaban J connectivity index is 2.94. The molecule has 0 aliphatic rings. The van der Waals surface area contributed by atoms with E-state index in [9.17, 15) is 13.6 Å². The molecule has 18 heavy (non-hydrogen) atoms. The van der Waals surface area contributed by atoms with Crippen LogP contribution in [0.15, 0.2) is 18.5 Å². The van der Waals surface area contributed by atoms with Gasteiger partial charge >= 0.3 is 0 Å². The van der Waals surface area contributed by atoms with Crippen LogP contribution in [0.5, 0.6) is 5.75 Å². The monoisotopic (exact) mass is 259 g/mol. The smallest absolute Gasteiger partial charge is 0.257 e. The van der Waals surface area contributed by atoms with Crippen LogP contribution in [0.1, 0.15) is 10.4 Å². The van der Waals surface area contributed by atoms with Crippen molar-refractivity contribution in [2.75, 3.05) is 26.7 Å². The van der Waals surface area contributed by atoms with E-state index in [1.54, 1.807) is 0 Å². The van der Waals surface area contributed by atoms with E-state index in [1.165, 1.54) is 25.6 Å². The summed E-state index contributed by atoms with van der Waals surface area (Å²) in [6.45, 7) is -0.470. The number of hydrogen-bond donors (Lipinski definition) is 1. The Morgan fingerprint density at radius 1 is 1.61 bits per heavy atom. The zero-order valence-electron chi connectivity index (χ0n) is 9.97. The van der Waals surface area contributed by atoms with Crippen LogP contribution >= 0.6 is 0 Å². The molecular formula is C11H15F2N3O2. The largest absolute Gasteiger partial charge is 0.494 e. The van der Waals surface area contributed by atoms with Crippen molar-refractivity contribution in [3.05, 3.63) is 24.0 Å². The molecule has 0 bridgehead atoms. The first-order valence-corrected chi connectivity index (χ1v) is 5.35. The lowest BCUT2D eigenvalue weighted by molar-refractivity contribution is 0.0560. The fraction of sp³-hybridized carbons (Fsp3) is 0.455. The van der Waals surface area contributed by atoms with Gasteiger partial charge in [-0.15, -0.1) is 0 Å². The number of carbonyl (C=O) groups is 1. The van der Waals surface area contributed by atoms with Crippen LogP contribution in [0.3, 0.4) is 0 Å². The van der Waals surface area contributed by atoms with Crippen LogP contribution in [-0.4, -0.2) is 49.0 Å². The van der Waals surface area contributed by atoms with Gasteiger partial charge in [0.2, 0.25) is 0 Å². The minimum atomic E-state index is -2.60. The maximum atomic E-state index is 12.4. The average molecular weight is 259 g/mol. The summed E-state index contributed by atoms with van der Waals surface area (Å²) in [5.74, 6) is -0.293. The minimum Gasteiger partial charge on any atom is -0.494 e. The third kappa shape index (κ3) is 3.63. The summed E-state index contributed by atoms with van der Waals surface area (Å²) in [5.41, 5.74) is 5.51. The molecule has 0 fully saturated rings. The van der Waals surface area contributed by atoms with Crippen LogP contribution in [0.4, 0.5) is 8.78 Å². The molecular weight excluding hydrogens is 244 g/mol. The van der Waals surface area contributed by atoms with E-state index >= 15 is 0 Å². The molecule has 0 radical (unpaired) electrons. The zero-order chi connectivity index (χ0) is 13.5. The van der Waals surface area contributed by atoms with Gasteiger partial charge in [-0.05, 0) is 6.07 Å². The molecule has 1 amide bonds. The first-order valence-electron chi connectivity index (χ1n) is 5.35. The van der Waals surface area contributed by atoms with Crippen molar-refractivity contribution in [1.29, 1.82) is 0 Å². The normalized spacial score (nSPS) is 10.5. The molecule has 1 aromatic rings. The Kier molecular flexibility index (Phi) is 5.44. The summed E-state index contributed by atoms with van der Waals surface area (Å²) >= 11 is 0. The number of nitrogens with two attached hydrogens (primary N) is 1. The molecule has 5 nitrogen and oxygen atoms in total. The molecule has 0 aliphatic carbocycles. The van der Waals surface area contributed by atoms with Crippen LogP contribution in [0, 0.1) is 0 Å². The predicted molar refractivity (Wildman–Crippen MR) is 61.8 cm³/mol. The van der Waals surface area contributed by atoms with Gasteiger partial charge in [0.1, 0.15) is 5.75 Å². The lowest BCUT2D eigenvalue weighted by Crippen LogP contribution is -2.38. The first kappa shape index (κ1) is 14.3. The molecule has 0 saturated carbocycles. The second-order valence-electron chi connectivity index (χ2n) is 3.51. The molecule has 0 aromatic carbocycles. The highest BCUT2D eigenvalue weighted by Gasteiger charge is 2.21. The molecule has 2 N–H and O–H groups in total. The molecule has 1 rings (SSSR count). The summed E-state index contributed by atoms with van der Waals surface area (Å²) in [6, 6.07) is 1.43. The van der Waals surface area contributed by atoms with Gasteiger partial charge in [0.15, 0.2) is 0 Å². The van der Waals surface area contributed by atoms with Gasteiger partial charge in [-0.3, -0.25) is 9.78 Å². The lowest BCUT2D eigenvalue weighted by Gasteiger charge is -2.22. The number of rotatable bonds is 6. The Morgan fingerprint density at radius 3 is 2.89 bits per heavy atom. The standard InChI is InChI=1S/C11H15F2N3O2/c1-18-9-6-15-4-2-8(9)11(17)16(5-3-14)7-10(12)13/h2,4,6,10H,3,5,7,14H2,1H3. The van der Waals surface area contributed by atoms with Crippen molar-refractivity contribution in [1.82, 2.24) is 9.88 Å². The Labute approximate surface area is 104 Å². The molecule has 0 unspecified atom stereocenters. The number of hydrogen-bond acceptors (Lipinski definition) is 4. The first-order chi connectivity index (χ1) is 8.60. The van der Waals surface area contributed by atoms with Gasteiger partial charge in [-0.25, -0.2) is 8.78 Å². The van der Waals surface area contributed by atoms with E-state index in [2.05, 4.69) is 4.98 Å². The summed E-state index contributed by atoms with van der Waals surface area (Å²) in [5, 5.41) is 0. The lowest BCUT2D eigenvalue weighted by atomic mass is 10.2. The van der Waals surface area contributed by atoms with Gasteiger partial charge in [0.25, 0.3) is 12.3 Å². The van der Waals surface area contributed by atoms with Crippen molar-refractivity contribution in [2.24, 2.45) is 5.73 Å². The summed E-state index contributed by atoms with van der Waals surface area (Å²) < 4.78 is 29.7. The highest BCUT2D eigenvalue weighted by atomic mass is 19.3. The predicted octanol–water partition coefficient (Wildman–Crippen LogP) is 0.756. The molecule has 0 aliphatic heterocycles. The van der Waals surface area contributed by atoms with Gasteiger partial charge in [0, 0.05) is 19.3 Å². The topological polar surface area (TPSA) is 68.5 Å². The number of aromatic nitrogens is 1. The van der Waals surface area contributed by atoms with E-state index in [0.29, 0.717) is 0 Å². The van der Waals surface area contributed by atoms with Crippen LogP contribution in [0.25, 0.3) is 0 Å². The van der Waals surface area contributed by atoms with Crippen LogP contribution in [-0.2, 0) is 0 Å². The van der Waals surface area contributed by atoms with Gasteiger partial charge in [-0.2, -0.15) is 0 Å². The molecule has 7 heteroatoms. The molecule has 1 heterocycles. The van der Waals surface area contributed by atoms with E-state index in [4.69, 9.17) is 10.5 Å². The number of methoxy groups -OCH3 is 1. The second kappa shape index (κ2) is 6.85. The Hall–Kier alpha value is -1.76. The van der Waals surface area contributed by atoms with Crippen LogP contribution < -0.4 is 10.5 Å². The average Bonchev–Trinajstić information content (AvgIpc) is 2.37. The SMILES string of the molecule is COc1cnccc1C(=O)N(CCN)CC(F)F. The number of carbonyl (C=O) groups excluding carboxylic acids is 1. The zero-order valence-corrected chi connectivity index (χ0v) is 9.97. The summed E-state index contributed by atoms with van der Waals surface area (Å²) in [6.07, 6.45) is 0.156. The third-order valence-corrected chi connectivity index (χ3v) is 2.28. The fourth-order valence-electron chi connectivity index (χ4n) is 1.49. The number of alkyl halides is 2. The highest BCUT2D eigenvalue weighted by Crippen LogP contribution is 2.18. The molecule has 100 valence electrons. The van der Waals surface area contributed by atoms with Gasteiger partial charge in [-0.1, -0.05) is 0 Å². The summed E-state index contributed by atoms with van der Waals surface area (Å²) in [7, 11) is 1.38. The maximum Gasteiger partial charge on any atom is 0.257 e. The Morgan fingerprint density at radius 2 is 2.33 bits per heavy atom. The quantitative estimate of drug-likeness (QED) is 0.818. The van der Waals surface area contributed by atoms with Crippen molar-refractivity contribution in [3.63, 3.8) is 0 Å². The third-order valence-electron chi connectivity index (χ3n) is 2.28. The Bertz CT molecular complexity index is 402. The molecule has 0 saturated heterocycles. The van der Waals surface area contributed by atoms with Gasteiger partial charge < -0.3 is 15.4 Å². The van der Waals surface area contributed by atoms with Crippen LogP contribution in [0.2, 0.25) is 0 Å². The molecule has 0 spiro atoms. The van der Waals surface area contributed by atoms with Gasteiger partial charge in [0.05, 0.1) is 25.4 Å². The second-order valence-corrected chi connectivity index (χ2v) is 3.51. The molecule has 0 atom stereocenters. The van der Waals surface area contributed by atoms with Crippen molar-refractivity contribution >= 4 is 5.91 Å². The number of ether oxygens (including phenoxy) is 1. The van der Waals surface area contributed by atoms with E-state index in [1.807, 2.05) is 0 Å². The highest BCUT2D eigenvalue weighted by molar-refractivity contribution is 5.96. The maximum absolute atomic E-state index is 12.4. The van der Waals surface area contributed by atoms with Crippen molar-refractivity contribution < 1.29 is 18.3 Å². The number of halogens is 2. The molecule has 1 aromatic heterocycles. The van der Waals surface area contributed by atoms with E-state index < -0.39 is 18.9 Å². The number of pyridine rings is 1. The number of nitrogens with zero attached hydrogens (tertiary/aromatic N) is 2. The van der Waals surface area contributed by atoms with E-state index in [-0.39, 0.29) is 24.4 Å². The van der Waals surface area contributed by atoms with Crippen molar-refractivity contribution in [2.45, 2.75) is 6.43 Å². The minimum absolute atomic E-state index is 0.0641. The fourth-order valence-corrected chi connectivity index (χ4v) is 1.49. The van der Waals surface area contributed by atoms with Crippen molar-refractivity contribution in [3.8, 4) is 5.75 Å². The summed E-state index contributed by atoms with van der Waals surface area (Å²) in [4.78, 5) is 16.9. The van der Waals surface area contributed by atoms with E-state index in [0.717, 1.165) is 4.90 Å². The number of amides is 1.